The van der Waals surface area contributed by atoms with E-state index >= 15 is 0 Å². The van der Waals surface area contributed by atoms with Crippen LogP contribution < -0.4 is 5.48 Å². The Labute approximate surface area is 82.0 Å². The molecule has 0 bridgehead atoms. The predicted octanol–water partition coefficient (Wildman–Crippen LogP) is 0.124. The molecule has 0 aliphatic carbocycles. The SMILES string of the molecule is CCOC(=O)C1CC2OC=CC2ON1. The van der Waals surface area contributed by atoms with Crippen LogP contribution in [0.1, 0.15) is 13.3 Å². The largest absolute Gasteiger partial charge is 0.495 e. The fourth-order valence-electron chi connectivity index (χ4n) is 1.56. The lowest BCUT2D eigenvalue weighted by atomic mass is 10.0. The lowest BCUT2D eigenvalue weighted by Crippen LogP contribution is -2.50. The standard InChI is InChI=1S/C9H13NO4/c1-2-12-9(11)6-5-8-7(14-10-6)3-4-13-8/h3-4,6-8,10H,2,5H2,1H3. The van der Waals surface area contributed by atoms with Crippen molar-refractivity contribution in [3.63, 3.8) is 0 Å². The van der Waals surface area contributed by atoms with Crippen molar-refractivity contribution < 1.29 is 19.1 Å². The minimum atomic E-state index is -0.420. The third kappa shape index (κ3) is 1.73. The van der Waals surface area contributed by atoms with Crippen LogP contribution in [0.2, 0.25) is 0 Å². The van der Waals surface area contributed by atoms with Crippen LogP contribution in [-0.2, 0) is 19.1 Å². The number of hydroxylamine groups is 1. The summed E-state index contributed by atoms with van der Waals surface area (Å²) in [5.41, 5.74) is 2.67. The van der Waals surface area contributed by atoms with Crippen molar-refractivity contribution in [3.8, 4) is 0 Å². The molecule has 2 rings (SSSR count). The minimum absolute atomic E-state index is 0.0642. The van der Waals surface area contributed by atoms with Crippen molar-refractivity contribution in [2.45, 2.75) is 31.6 Å². The third-order valence-corrected chi connectivity index (χ3v) is 2.27. The Hall–Kier alpha value is -1.07. The van der Waals surface area contributed by atoms with Crippen molar-refractivity contribution in [2.75, 3.05) is 6.61 Å². The molecule has 5 nitrogen and oxygen atoms in total. The number of carbonyl (C=O) groups excluding carboxylic acids is 1. The van der Waals surface area contributed by atoms with Gasteiger partial charge in [0, 0.05) is 6.42 Å². The van der Waals surface area contributed by atoms with Gasteiger partial charge in [-0.3, -0.25) is 9.63 Å². The Bertz CT molecular complexity index is 253. The Morgan fingerprint density at radius 3 is 3.36 bits per heavy atom. The van der Waals surface area contributed by atoms with Gasteiger partial charge in [-0.1, -0.05) is 0 Å². The maximum Gasteiger partial charge on any atom is 0.325 e. The van der Waals surface area contributed by atoms with Gasteiger partial charge in [0.05, 0.1) is 12.9 Å². The highest BCUT2D eigenvalue weighted by molar-refractivity contribution is 5.75. The number of rotatable bonds is 2. The van der Waals surface area contributed by atoms with Gasteiger partial charge < -0.3 is 9.47 Å². The molecule has 0 aromatic carbocycles. The van der Waals surface area contributed by atoms with Crippen LogP contribution in [-0.4, -0.2) is 30.8 Å². The molecule has 0 aromatic rings. The topological polar surface area (TPSA) is 56.8 Å². The average molecular weight is 199 g/mol. The summed E-state index contributed by atoms with van der Waals surface area (Å²) < 4.78 is 10.1. The van der Waals surface area contributed by atoms with Gasteiger partial charge in [-0.15, -0.1) is 0 Å². The van der Waals surface area contributed by atoms with E-state index < -0.39 is 6.04 Å². The summed E-state index contributed by atoms with van der Waals surface area (Å²) in [6.45, 7) is 2.15. The molecule has 2 heterocycles. The first-order valence-corrected chi connectivity index (χ1v) is 4.71. The van der Waals surface area contributed by atoms with Crippen LogP contribution in [0.3, 0.4) is 0 Å². The van der Waals surface area contributed by atoms with Gasteiger partial charge in [-0.2, -0.15) is 5.48 Å². The first-order chi connectivity index (χ1) is 6.81. The highest BCUT2D eigenvalue weighted by Gasteiger charge is 2.37. The van der Waals surface area contributed by atoms with E-state index in [0.717, 1.165) is 0 Å². The van der Waals surface area contributed by atoms with Gasteiger partial charge in [0.1, 0.15) is 18.2 Å². The molecule has 78 valence electrons. The fraction of sp³-hybridized carbons (Fsp3) is 0.667. The molecule has 3 unspecified atom stereocenters. The van der Waals surface area contributed by atoms with Crippen LogP contribution >= 0.6 is 0 Å². The Balaban J connectivity index is 1.89. The van der Waals surface area contributed by atoms with Gasteiger partial charge in [-0.05, 0) is 13.0 Å². The summed E-state index contributed by atoms with van der Waals surface area (Å²) in [6.07, 6.45) is 3.85. The second-order valence-electron chi connectivity index (χ2n) is 3.24. The number of ether oxygens (including phenoxy) is 2. The number of hydrogen-bond acceptors (Lipinski definition) is 5. The summed E-state index contributed by atoms with van der Waals surface area (Å²) in [5.74, 6) is -0.290. The van der Waals surface area contributed by atoms with E-state index in [1.165, 1.54) is 0 Å². The van der Waals surface area contributed by atoms with E-state index in [4.69, 9.17) is 14.3 Å². The molecule has 5 heteroatoms. The number of nitrogens with one attached hydrogen (secondary N) is 1. The molecule has 1 fully saturated rings. The second-order valence-corrected chi connectivity index (χ2v) is 3.24. The van der Waals surface area contributed by atoms with Gasteiger partial charge in [0.2, 0.25) is 0 Å². The predicted molar refractivity (Wildman–Crippen MR) is 47.1 cm³/mol. The summed E-state index contributed by atoms with van der Waals surface area (Å²) >= 11 is 0. The van der Waals surface area contributed by atoms with Gasteiger partial charge >= 0.3 is 5.97 Å². The van der Waals surface area contributed by atoms with E-state index in [-0.39, 0.29) is 18.2 Å². The smallest absolute Gasteiger partial charge is 0.325 e. The van der Waals surface area contributed by atoms with Crippen LogP contribution in [0.15, 0.2) is 12.3 Å². The normalized spacial score (nSPS) is 34.8. The Kier molecular flexibility index (Phi) is 2.69. The molecule has 2 aliphatic rings. The van der Waals surface area contributed by atoms with Gasteiger partial charge in [0.25, 0.3) is 0 Å². The maximum atomic E-state index is 11.3. The highest BCUT2D eigenvalue weighted by Crippen LogP contribution is 2.22. The van der Waals surface area contributed by atoms with Crippen LogP contribution in [0.4, 0.5) is 0 Å². The van der Waals surface area contributed by atoms with Crippen molar-refractivity contribution in [1.29, 1.82) is 0 Å². The van der Waals surface area contributed by atoms with Crippen LogP contribution in [0.25, 0.3) is 0 Å². The first-order valence-electron chi connectivity index (χ1n) is 4.71. The molecule has 1 N–H and O–H groups in total. The van der Waals surface area contributed by atoms with Crippen LogP contribution in [0, 0.1) is 0 Å². The zero-order valence-corrected chi connectivity index (χ0v) is 7.93. The molecule has 0 spiro atoms. The number of hydrogen-bond donors (Lipinski definition) is 1. The van der Waals surface area contributed by atoms with E-state index in [0.29, 0.717) is 13.0 Å². The first kappa shape index (κ1) is 9.48. The van der Waals surface area contributed by atoms with E-state index in [1.807, 2.05) is 6.08 Å². The summed E-state index contributed by atoms with van der Waals surface area (Å²) in [4.78, 5) is 16.6. The molecule has 0 saturated carbocycles. The van der Waals surface area contributed by atoms with Gasteiger partial charge in [-0.25, -0.2) is 0 Å². The van der Waals surface area contributed by atoms with Crippen molar-refractivity contribution in [1.82, 2.24) is 5.48 Å². The lowest BCUT2D eigenvalue weighted by molar-refractivity contribution is -0.163. The molecular formula is C9H13NO4. The van der Waals surface area contributed by atoms with Crippen molar-refractivity contribution >= 4 is 5.97 Å². The second kappa shape index (κ2) is 3.98. The molecular weight excluding hydrogens is 186 g/mol. The average Bonchev–Trinajstić information content (AvgIpc) is 2.64. The number of esters is 1. The highest BCUT2D eigenvalue weighted by atomic mass is 16.7. The molecule has 3 atom stereocenters. The van der Waals surface area contributed by atoms with Crippen molar-refractivity contribution in [3.05, 3.63) is 12.3 Å². The number of fused-ring (bicyclic) bond motifs is 1. The summed E-state index contributed by atoms with van der Waals surface area (Å²) in [7, 11) is 0. The van der Waals surface area contributed by atoms with E-state index in [1.54, 1.807) is 13.2 Å². The quantitative estimate of drug-likeness (QED) is 0.640. The third-order valence-electron chi connectivity index (χ3n) is 2.27. The van der Waals surface area contributed by atoms with E-state index in [9.17, 15) is 4.79 Å². The molecule has 0 radical (unpaired) electrons. The van der Waals surface area contributed by atoms with E-state index in [2.05, 4.69) is 5.48 Å². The minimum Gasteiger partial charge on any atom is -0.495 e. The Morgan fingerprint density at radius 1 is 1.71 bits per heavy atom. The monoisotopic (exact) mass is 199 g/mol. The van der Waals surface area contributed by atoms with Gasteiger partial charge in [0.15, 0.2) is 0 Å². The molecule has 0 aromatic heterocycles. The lowest BCUT2D eigenvalue weighted by Gasteiger charge is -2.29. The van der Waals surface area contributed by atoms with Crippen molar-refractivity contribution in [2.24, 2.45) is 0 Å². The maximum absolute atomic E-state index is 11.3. The molecule has 2 aliphatic heterocycles. The molecule has 1 saturated heterocycles. The Morgan fingerprint density at radius 2 is 2.57 bits per heavy atom. The zero-order chi connectivity index (χ0) is 9.97. The molecule has 14 heavy (non-hydrogen) atoms. The fourth-order valence-corrected chi connectivity index (χ4v) is 1.56. The number of carbonyl (C=O) groups is 1. The zero-order valence-electron chi connectivity index (χ0n) is 7.93. The summed E-state index contributed by atoms with van der Waals surface area (Å²) in [5, 5.41) is 0. The summed E-state index contributed by atoms with van der Waals surface area (Å²) in [6, 6.07) is -0.420. The van der Waals surface area contributed by atoms with Crippen LogP contribution in [0.5, 0.6) is 0 Å². The molecule has 0 amide bonds.